The van der Waals surface area contributed by atoms with Crippen molar-refractivity contribution in [2.24, 2.45) is 0 Å². The molecule has 172 valence electrons. The first-order chi connectivity index (χ1) is 15.5. The van der Waals surface area contributed by atoms with Crippen molar-refractivity contribution in [3.05, 3.63) is 35.5 Å². The summed E-state index contributed by atoms with van der Waals surface area (Å²) < 4.78 is 5.67. The van der Waals surface area contributed by atoms with Gasteiger partial charge in [0, 0.05) is 49.0 Å². The van der Waals surface area contributed by atoms with E-state index in [4.69, 9.17) is 14.7 Å². The molecular weight excluding hydrogens is 404 g/mol. The molecule has 1 atom stereocenters. The van der Waals surface area contributed by atoms with Gasteiger partial charge in [-0.3, -0.25) is 4.90 Å². The number of urea groups is 1. The molecule has 1 aromatic carbocycles. The predicted molar refractivity (Wildman–Crippen MR) is 127 cm³/mol. The minimum absolute atomic E-state index is 0.206. The lowest BCUT2D eigenvalue weighted by Crippen LogP contribution is -2.45. The van der Waals surface area contributed by atoms with Gasteiger partial charge in [-0.25, -0.2) is 14.8 Å². The van der Waals surface area contributed by atoms with Crippen molar-refractivity contribution in [2.75, 3.05) is 43.1 Å². The Morgan fingerprint density at radius 2 is 2.00 bits per heavy atom. The molecule has 32 heavy (non-hydrogen) atoms. The largest absolute Gasteiger partial charge is 0.377 e. The van der Waals surface area contributed by atoms with Crippen molar-refractivity contribution in [1.82, 2.24) is 20.2 Å². The molecule has 2 aromatic rings. The van der Waals surface area contributed by atoms with Crippen LogP contribution in [0.25, 0.3) is 11.4 Å². The number of rotatable bonds is 5. The van der Waals surface area contributed by atoms with Crippen LogP contribution in [0.2, 0.25) is 0 Å². The molecule has 0 aliphatic carbocycles. The van der Waals surface area contributed by atoms with E-state index in [1.165, 1.54) is 5.56 Å². The first-order valence-corrected chi connectivity index (χ1v) is 11.6. The lowest BCUT2D eigenvalue weighted by molar-refractivity contribution is 0.0983. The number of nitrogens with one attached hydrogen (secondary N) is 2. The number of hydrogen-bond donors (Lipinski definition) is 2. The first-order valence-electron chi connectivity index (χ1n) is 11.6. The third-order valence-electron chi connectivity index (χ3n) is 6.18. The summed E-state index contributed by atoms with van der Waals surface area (Å²) in [5, 5.41) is 5.58. The van der Waals surface area contributed by atoms with Crippen molar-refractivity contribution < 1.29 is 9.53 Å². The molecule has 1 fully saturated rings. The van der Waals surface area contributed by atoms with E-state index in [2.05, 4.69) is 41.2 Å². The molecule has 0 bridgehead atoms. The number of carbonyl (C=O) groups excluding carboxylic acids is 1. The molecule has 8 nitrogen and oxygen atoms in total. The molecule has 8 heteroatoms. The molecule has 1 unspecified atom stereocenters. The van der Waals surface area contributed by atoms with Gasteiger partial charge in [-0.1, -0.05) is 0 Å². The van der Waals surface area contributed by atoms with Gasteiger partial charge in [-0.2, -0.15) is 0 Å². The van der Waals surface area contributed by atoms with Crippen LogP contribution in [0.5, 0.6) is 0 Å². The lowest BCUT2D eigenvalue weighted by atomic mass is 10.0. The Morgan fingerprint density at radius 1 is 1.22 bits per heavy atom. The molecule has 3 heterocycles. The zero-order chi connectivity index (χ0) is 22.7. The lowest BCUT2D eigenvalue weighted by Gasteiger charge is -2.38. The summed E-state index contributed by atoms with van der Waals surface area (Å²) in [7, 11) is 0. The summed E-state index contributed by atoms with van der Waals surface area (Å²) in [5.41, 5.74) is 4.07. The Balaban J connectivity index is 1.68. The van der Waals surface area contributed by atoms with E-state index in [-0.39, 0.29) is 12.1 Å². The fourth-order valence-corrected chi connectivity index (χ4v) is 4.32. The Bertz CT molecular complexity index is 946. The van der Waals surface area contributed by atoms with Gasteiger partial charge in [0.05, 0.1) is 24.9 Å². The maximum atomic E-state index is 11.8. The van der Waals surface area contributed by atoms with Gasteiger partial charge in [-0.15, -0.1) is 0 Å². The van der Waals surface area contributed by atoms with E-state index < -0.39 is 0 Å². The minimum Gasteiger partial charge on any atom is -0.377 e. The van der Waals surface area contributed by atoms with Gasteiger partial charge in [0.2, 0.25) is 0 Å². The number of fused-ring (bicyclic) bond motifs is 1. The predicted octanol–water partition coefficient (Wildman–Crippen LogP) is 3.28. The minimum atomic E-state index is -0.206. The average Bonchev–Trinajstić information content (AvgIpc) is 2.79. The summed E-state index contributed by atoms with van der Waals surface area (Å²) in [6.45, 7) is 13.3. The Morgan fingerprint density at radius 3 is 2.69 bits per heavy atom. The van der Waals surface area contributed by atoms with Crippen LogP contribution >= 0.6 is 0 Å². The molecule has 2 aliphatic rings. The van der Waals surface area contributed by atoms with Crippen molar-refractivity contribution in [3.8, 4) is 11.4 Å². The zero-order valence-electron chi connectivity index (χ0n) is 19.5. The second-order valence-electron chi connectivity index (χ2n) is 8.79. The van der Waals surface area contributed by atoms with E-state index in [1.54, 1.807) is 0 Å². The van der Waals surface area contributed by atoms with Crippen LogP contribution in [-0.4, -0.2) is 65.8 Å². The van der Waals surface area contributed by atoms with E-state index in [0.717, 1.165) is 61.2 Å². The highest BCUT2D eigenvalue weighted by Gasteiger charge is 2.29. The molecule has 2 aliphatic heterocycles. The highest BCUT2D eigenvalue weighted by atomic mass is 16.5. The highest BCUT2D eigenvalue weighted by Crippen LogP contribution is 2.32. The number of morpholine rings is 1. The molecule has 0 spiro atoms. The van der Waals surface area contributed by atoms with E-state index in [0.29, 0.717) is 19.2 Å². The molecule has 1 aromatic heterocycles. The fraction of sp³-hybridized carbons (Fsp3) is 0.542. The Kier molecular flexibility index (Phi) is 6.91. The van der Waals surface area contributed by atoms with Crippen LogP contribution in [-0.2, 0) is 17.7 Å². The number of hydrogen-bond acceptors (Lipinski definition) is 6. The molecule has 2 amide bonds. The van der Waals surface area contributed by atoms with Gasteiger partial charge in [0.15, 0.2) is 5.82 Å². The van der Waals surface area contributed by atoms with Crippen molar-refractivity contribution >= 4 is 17.5 Å². The molecular formula is C24H34N6O2. The third-order valence-corrected chi connectivity index (χ3v) is 6.18. The van der Waals surface area contributed by atoms with Crippen LogP contribution in [0.15, 0.2) is 24.3 Å². The second kappa shape index (κ2) is 9.83. The maximum Gasteiger partial charge on any atom is 0.319 e. The summed E-state index contributed by atoms with van der Waals surface area (Å²) in [4.78, 5) is 26.7. The van der Waals surface area contributed by atoms with Gasteiger partial charge >= 0.3 is 6.03 Å². The summed E-state index contributed by atoms with van der Waals surface area (Å²) >= 11 is 0. The number of carbonyl (C=O) groups is 1. The zero-order valence-corrected chi connectivity index (χ0v) is 19.5. The summed E-state index contributed by atoms with van der Waals surface area (Å²) in [6, 6.07) is 8.28. The number of anilines is 2. The quantitative estimate of drug-likeness (QED) is 0.746. The topological polar surface area (TPSA) is 82.6 Å². The van der Waals surface area contributed by atoms with Crippen LogP contribution in [0.4, 0.5) is 16.3 Å². The van der Waals surface area contributed by atoms with Gasteiger partial charge in [-0.05, 0) is 58.4 Å². The number of nitrogens with zero attached hydrogens (tertiary/aromatic N) is 4. The third kappa shape index (κ3) is 4.86. The van der Waals surface area contributed by atoms with Crippen LogP contribution < -0.4 is 15.5 Å². The summed E-state index contributed by atoms with van der Waals surface area (Å²) in [6.07, 6.45) is 0.961. The van der Waals surface area contributed by atoms with E-state index in [1.807, 2.05) is 31.2 Å². The Hall–Kier alpha value is -2.71. The van der Waals surface area contributed by atoms with Crippen LogP contribution in [0.1, 0.15) is 39.0 Å². The van der Waals surface area contributed by atoms with E-state index in [9.17, 15) is 4.79 Å². The van der Waals surface area contributed by atoms with Crippen LogP contribution in [0.3, 0.4) is 0 Å². The first kappa shape index (κ1) is 22.5. The Labute approximate surface area is 190 Å². The summed E-state index contributed by atoms with van der Waals surface area (Å²) in [5.74, 6) is 1.78. The second-order valence-corrected chi connectivity index (χ2v) is 8.79. The molecule has 4 rings (SSSR count). The van der Waals surface area contributed by atoms with Crippen molar-refractivity contribution in [3.63, 3.8) is 0 Å². The van der Waals surface area contributed by atoms with Gasteiger partial charge in [0.25, 0.3) is 0 Å². The molecule has 0 radical (unpaired) electrons. The molecule has 2 N–H and O–H groups in total. The number of amides is 2. The normalized spacial score (nSPS) is 19.0. The number of ether oxygens (including phenoxy) is 1. The van der Waals surface area contributed by atoms with Crippen molar-refractivity contribution in [1.29, 1.82) is 0 Å². The maximum absolute atomic E-state index is 11.8. The average molecular weight is 439 g/mol. The van der Waals surface area contributed by atoms with Gasteiger partial charge < -0.3 is 20.3 Å². The fourth-order valence-electron chi connectivity index (χ4n) is 4.32. The van der Waals surface area contributed by atoms with Crippen molar-refractivity contribution in [2.45, 2.75) is 52.7 Å². The highest BCUT2D eigenvalue weighted by molar-refractivity contribution is 5.89. The molecule has 0 saturated carbocycles. The number of benzene rings is 1. The smallest absolute Gasteiger partial charge is 0.319 e. The van der Waals surface area contributed by atoms with E-state index >= 15 is 0 Å². The monoisotopic (exact) mass is 438 g/mol. The SMILES string of the molecule is CCNC(=O)Nc1ccc(-c2nc3c(c(N4CCOCC4C)n2)CCN(C(C)C)C3)cc1. The molecule has 1 saturated heterocycles. The van der Waals surface area contributed by atoms with Gasteiger partial charge in [0.1, 0.15) is 5.82 Å². The standard InChI is InChI=1S/C24H34N6O2/c1-5-25-24(31)26-19-8-6-18(7-9-19)22-27-21-14-29(16(2)3)11-10-20(21)23(28-22)30-12-13-32-15-17(30)4/h6-9,16-17H,5,10-15H2,1-4H3,(H2,25,26,31). The van der Waals surface area contributed by atoms with Crippen LogP contribution in [0, 0.1) is 0 Å². The number of aromatic nitrogens is 2.